The molecule has 2 aromatic heterocycles. The lowest BCUT2D eigenvalue weighted by molar-refractivity contribution is 0.0196. The summed E-state index contributed by atoms with van der Waals surface area (Å²) in [5, 5.41) is 4.08. The fourth-order valence-corrected chi connectivity index (χ4v) is 3.71. The number of carbonyl (C=O) groups is 1. The van der Waals surface area contributed by atoms with Gasteiger partial charge in [-0.05, 0) is 47.5 Å². The van der Waals surface area contributed by atoms with Crippen molar-refractivity contribution in [2.24, 2.45) is 0 Å². The predicted octanol–water partition coefficient (Wildman–Crippen LogP) is 4.41. The lowest BCUT2D eigenvalue weighted by Gasteiger charge is -2.33. The Morgan fingerprint density at radius 2 is 2.11 bits per heavy atom. The summed E-state index contributed by atoms with van der Waals surface area (Å²) in [6.45, 7) is 10.9. The largest absolute Gasteiger partial charge is 0.444 e. The van der Waals surface area contributed by atoms with Crippen LogP contribution in [0.4, 0.5) is 15.7 Å². The Labute approximate surface area is 164 Å². The quantitative estimate of drug-likeness (QED) is 0.838. The number of piperidine rings is 1. The number of carbonyl (C=O) groups excluding carboxylic acids is 1. The van der Waals surface area contributed by atoms with Gasteiger partial charge in [-0.25, -0.2) is 19.7 Å². The van der Waals surface area contributed by atoms with Crippen LogP contribution in [0.1, 0.15) is 55.9 Å². The number of hydrogen-bond acceptors (Lipinski definition) is 7. The van der Waals surface area contributed by atoms with Gasteiger partial charge in [-0.2, -0.15) is 0 Å². The van der Waals surface area contributed by atoms with Gasteiger partial charge in [0.1, 0.15) is 17.2 Å². The van der Waals surface area contributed by atoms with Crippen LogP contribution in [0, 0.1) is 13.8 Å². The molecule has 1 saturated heterocycles. The Morgan fingerprint density at radius 1 is 1.33 bits per heavy atom. The molecule has 7 nitrogen and oxygen atoms in total. The molecule has 3 rings (SSSR count). The number of nitrogens with zero attached hydrogens (tertiary/aromatic N) is 4. The molecule has 1 aliphatic rings. The van der Waals surface area contributed by atoms with Crippen molar-refractivity contribution < 1.29 is 9.53 Å². The molecule has 1 amide bonds. The van der Waals surface area contributed by atoms with Crippen molar-refractivity contribution in [3.63, 3.8) is 0 Å². The molecule has 0 radical (unpaired) electrons. The van der Waals surface area contributed by atoms with Crippen molar-refractivity contribution in [2.45, 2.75) is 59.0 Å². The number of likely N-dealkylation sites (tertiary alicyclic amines) is 1. The molecule has 0 saturated carbocycles. The Balaban J connectivity index is 1.74. The first-order valence-corrected chi connectivity index (χ1v) is 10.0. The Kier molecular flexibility index (Phi) is 5.64. The van der Waals surface area contributed by atoms with Crippen LogP contribution in [0.25, 0.3) is 0 Å². The second-order valence-corrected chi connectivity index (χ2v) is 9.15. The number of aryl methyl sites for hydroxylation is 2. The monoisotopic (exact) mass is 389 g/mol. The molecule has 3 heterocycles. The zero-order valence-corrected chi connectivity index (χ0v) is 17.4. The van der Waals surface area contributed by atoms with E-state index < -0.39 is 5.60 Å². The van der Waals surface area contributed by atoms with E-state index in [-0.39, 0.29) is 12.0 Å². The molecule has 0 bridgehead atoms. The molecule has 146 valence electrons. The van der Waals surface area contributed by atoms with E-state index in [0.717, 1.165) is 40.2 Å². The van der Waals surface area contributed by atoms with Crippen molar-refractivity contribution in [3.8, 4) is 0 Å². The smallest absolute Gasteiger partial charge is 0.410 e. The summed E-state index contributed by atoms with van der Waals surface area (Å²) in [7, 11) is 0. The first-order valence-electron chi connectivity index (χ1n) is 9.22. The molecule has 8 heteroatoms. The molecule has 1 fully saturated rings. The molecule has 1 N–H and O–H groups in total. The second kappa shape index (κ2) is 7.80. The van der Waals surface area contributed by atoms with E-state index in [4.69, 9.17) is 9.72 Å². The van der Waals surface area contributed by atoms with Gasteiger partial charge in [-0.3, -0.25) is 0 Å². The van der Waals surface area contributed by atoms with E-state index in [1.54, 1.807) is 16.2 Å². The summed E-state index contributed by atoms with van der Waals surface area (Å²) in [4.78, 5) is 29.0. The molecular formula is C19H27N5O2S. The lowest BCUT2D eigenvalue weighted by atomic mass is 9.97. The van der Waals surface area contributed by atoms with Gasteiger partial charge in [0.2, 0.25) is 0 Å². The molecule has 1 atom stereocenters. The zero-order chi connectivity index (χ0) is 19.6. The Hall–Kier alpha value is -2.22. The Bertz CT molecular complexity index is 815. The van der Waals surface area contributed by atoms with Gasteiger partial charge in [-0.1, -0.05) is 0 Å². The Morgan fingerprint density at radius 3 is 2.78 bits per heavy atom. The van der Waals surface area contributed by atoms with Crippen LogP contribution >= 0.6 is 11.3 Å². The molecule has 0 aromatic carbocycles. The molecule has 2 aromatic rings. The van der Waals surface area contributed by atoms with Gasteiger partial charge in [0.15, 0.2) is 5.13 Å². The third kappa shape index (κ3) is 5.38. The third-order valence-electron chi connectivity index (χ3n) is 4.17. The highest BCUT2D eigenvalue weighted by atomic mass is 32.1. The number of ether oxygens (including phenoxy) is 1. The van der Waals surface area contributed by atoms with Gasteiger partial charge in [-0.15, -0.1) is 11.3 Å². The van der Waals surface area contributed by atoms with E-state index in [2.05, 4.69) is 15.3 Å². The van der Waals surface area contributed by atoms with Crippen molar-refractivity contribution >= 4 is 28.4 Å². The standard InChI is InChI=1S/C19H27N5O2S/c1-12-9-15(23-17-20-10-13(2)27-17)22-16(21-12)14-7-6-8-24(11-14)18(25)26-19(3,4)5/h9-10,14H,6-8,11H2,1-5H3,(H,20,21,22,23). The number of thiazole rings is 1. The number of nitrogens with one attached hydrogen (secondary N) is 1. The highest BCUT2D eigenvalue weighted by molar-refractivity contribution is 7.15. The normalized spacial score (nSPS) is 17.7. The molecule has 0 aliphatic carbocycles. The average molecular weight is 390 g/mol. The zero-order valence-electron chi connectivity index (χ0n) is 16.6. The number of amides is 1. The third-order valence-corrected chi connectivity index (χ3v) is 4.99. The first kappa shape index (κ1) is 19.5. The number of rotatable bonds is 3. The van der Waals surface area contributed by atoms with Crippen molar-refractivity contribution in [1.29, 1.82) is 0 Å². The average Bonchev–Trinajstić information content (AvgIpc) is 2.98. The van der Waals surface area contributed by atoms with E-state index in [0.29, 0.717) is 13.1 Å². The van der Waals surface area contributed by atoms with E-state index >= 15 is 0 Å². The van der Waals surface area contributed by atoms with E-state index in [1.807, 2.05) is 46.9 Å². The topological polar surface area (TPSA) is 80.2 Å². The minimum Gasteiger partial charge on any atom is -0.444 e. The lowest BCUT2D eigenvalue weighted by Crippen LogP contribution is -2.42. The molecule has 1 aliphatic heterocycles. The second-order valence-electron chi connectivity index (χ2n) is 7.92. The van der Waals surface area contributed by atoms with Gasteiger partial charge in [0.05, 0.1) is 0 Å². The summed E-state index contributed by atoms with van der Waals surface area (Å²) < 4.78 is 5.52. The number of hydrogen-bond donors (Lipinski definition) is 1. The van der Waals surface area contributed by atoms with Crippen LogP contribution < -0.4 is 5.32 Å². The molecular weight excluding hydrogens is 362 g/mol. The SMILES string of the molecule is Cc1cc(Nc2ncc(C)s2)nc(C2CCCN(C(=O)OC(C)(C)C)C2)n1. The maximum Gasteiger partial charge on any atom is 0.410 e. The number of anilines is 2. The van der Waals surface area contributed by atoms with E-state index in [9.17, 15) is 4.79 Å². The maximum atomic E-state index is 12.4. The highest BCUT2D eigenvalue weighted by Crippen LogP contribution is 2.28. The van der Waals surface area contributed by atoms with Crippen molar-refractivity contribution in [1.82, 2.24) is 19.9 Å². The van der Waals surface area contributed by atoms with Crippen LogP contribution in [-0.4, -0.2) is 44.6 Å². The first-order chi connectivity index (χ1) is 12.7. The van der Waals surface area contributed by atoms with Crippen LogP contribution in [0.15, 0.2) is 12.3 Å². The number of aromatic nitrogens is 3. The summed E-state index contributed by atoms with van der Waals surface area (Å²) in [5.41, 5.74) is 0.400. The molecule has 27 heavy (non-hydrogen) atoms. The summed E-state index contributed by atoms with van der Waals surface area (Å²) in [5.74, 6) is 1.60. The summed E-state index contributed by atoms with van der Waals surface area (Å²) >= 11 is 1.59. The fraction of sp³-hybridized carbons (Fsp3) is 0.579. The van der Waals surface area contributed by atoms with Crippen LogP contribution in [0.2, 0.25) is 0 Å². The van der Waals surface area contributed by atoms with Gasteiger partial charge < -0.3 is 15.0 Å². The van der Waals surface area contributed by atoms with Gasteiger partial charge >= 0.3 is 6.09 Å². The minimum atomic E-state index is -0.493. The van der Waals surface area contributed by atoms with Gasteiger partial charge in [0.25, 0.3) is 0 Å². The van der Waals surface area contributed by atoms with Crippen LogP contribution in [-0.2, 0) is 4.74 Å². The van der Waals surface area contributed by atoms with Crippen LogP contribution in [0.3, 0.4) is 0 Å². The maximum absolute atomic E-state index is 12.4. The fourth-order valence-electron chi connectivity index (χ4n) is 3.04. The van der Waals surface area contributed by atoms with Crippen molar-refractivity contribution in [3.05, 3.63) is 28.7 Å². The minimum absolute atomic E-state index is 0.102. The molecule has 1 unspecified atom stereocenters. The summed E-state index contributed by atoms with van der Waals surface area (Å²) in [6, 6.07) is 1.91. The predicted molar refractivity (Wildman–Crippen MR) is 107 cm³/mol. The highest BCUT2D eigenvalue weighted by Gasteiger charge is 2.29. The van der Waals surface area contributed by atoms with Crippen molar-refractivity contribution in [2.75, 3.05) is 18.4 Å². The molecule has 0 spiro atoms. The van der Waals surface area contributed by atoms with E-state index in [1.165, 1.54) is 0 Å². The van der Waals surface area contributed by atoms with Crippen LogP contribution in [0.5, 0.6) is 0 Å². The summed E-state index contributed by atoms with van der Waals surface area (Å²) in [6.07, 6.45) is 3.44. The van der Waals surface area contributed by atoms with Gasteiger partial charge in [0, 0.05) is 41.8 Å².